The summed E-state index contributed by atoms with van der Waals surface area (Å²) in [6.45, 7) is 3.41. The Balaban J connectivity index is 1.82. The van der Waals surface area contributed by atoms with Crippen molar-refractivity contribution in [1.82, 2.24) is 9.97 Å². The Morgan fingerprint density at radius 1 is 1.39 bits per heavy atom. The van der Waals surface area contributed by atoms with Crippen molar-refractivity contribution in [2.45, 2.75) is 38.6 Å². The molecule has 2 aromatic rings. The number of thiophene rings is 1. The first-order valence-electron chi connectivity index (χ1n) is 6.85. The van der Waals surface area contributed by atoms with Crippen molar-refractivity contribution in [3.63, 3.8) is 0 Å². The maximum Gasteiger partial charge on any atom is 0.141 e. The molecular formula is C14H17N3S. The molecule has 4 heteroatoms. The Labute approximate surface area is 111 Å². The fourth-order valence-corrected chi connectivity index (χ4v) is 4.41. The van der Waals surface area contributed by atoms with Gasteiger partial charge in [0, 0.05) is 17.5 Å². The Morgan fingerprint density at radius 2 is 2.33 bits per heavy atom. The van der Waals surface area contributed by atoms with Crippen molar-refractivity contribution in [3.8, 4) is 0 Å². The molecule has 1 aliphatic carbocycles. The van der Waals surface area contributed by atoms with Crippen molar-refractivity contribution in [3.05, 3.63) is 17.3 Å². The Kier molecular flexibility index (Phi) is 2.34. The summed E-state index contributed by atoms with van der Waals surface area (Å²) < 4.78 is 0. The average molecular weight is 259 g/mol. The zero-order valence-corrected chi connectivity index (χ0v) is 11.4. The highest BCUT2D eigenvalue weighted by Gasteiger charge is 2.39. The lowest BCUT2D eigenvalue weighted by atomic mass is 10.1. The van der Waals surface area contributed by atoms with Gasteiger partial charge in [0.1, 0.15) is 17.0 Å². The van der Waals surface area contributed by atoms with Crippen LogP contribution in [0.15, 0.2) is 12.4 Å². The van der Waals surface area contributed by atoms with Gasteiger partial charge >= 0.3 is 0 Å². The molecule has 2 aromatic heterocycles. The van der Waals surface area contributed by atoms with Gasteiger partial charge in [-0.15, -0.1) is 11.3 Å². The van der Waals surface area contributed by atoms with E-state index in [2.05, 4.69) is 27.9 Å². The standard InChI is InChI=1S/C14H17N3S/c1-2-11-6-12-13(15-8-16-14(12)18-11)17-7-9-3-4-10(17)5-9/h6,8-10H,2-5,7H2,1H3. The number of aromatic nitrogens is 2. The molecule has 2 atom stereocenters. The van der Waals surface area contributed by atoms with Gasteiger partial charge in [-0.2, -0.15) is 0 Å². The minimum absolute atomic E-state index is 0.734. The van der Waals surface area contributed by atoms with Crippen molar-refractivity contribution in [2.24, 2.45) is 5.92 Å². The number of piperidine rings is 1. The number of nitrogens with zero attached hydrogens (tertiary/aromatic N) is 3. The summed E-state index contributed by atoms with van der Waals surface area (Å²) in [5, 5.41) is 1.27. The van der Waals surface area contributed by atoms with Crippen LogP contribution >= 0.6 is 11.3 Å². The largest absolute Gasteiger partial charge is 0.353 e. The molecule has 18 heavy (non-hydrogen) atoms. The van der Waals surface area contributed by atoms with E-state index in [4.69, 9.17) is 0 Å². The second-order valence-electron chi connectivity index (χ2n) is 5.47. The molecule has 1 aliphatic heterocycles. The molecule has 0 N–H and O–H groups in total. The van der Waals surface area contributed by atoms with Crippen LogP contribution in [0.2, 0.25) is 0 Å². The first-order chi connectivity index (χ1) is 8.85. The van der Waals surface area contributed by atoms with E-state index in [0.717, 1.165) is 23.2 Å². The molecule has 2 bridgehead atoms. The van der Waals surface area contributed by atoms with Gasteiger partial charge in [0.25, 0.3) is 0 Å². The topological polar surface area (TPSA) is 29.0 Å². The van der Waals surface area contributed by atoms with Crippen LogP contribution in [0.3, 0.4) is 0 Å². The molecule has 2 aliphatic rings. The monoisotopic (exact) mass is 259 g/mol. The molecule has 3 heterocycles. The lowest BCUT2D eigenvalue weighted by Crippen LogP contribution is -2.32. The van der Waals surface area contributed by atoms with Crippen LogP contribution in [0.1, 0.15) is 31.1 Å². The number of hydrogen-bond acceptors (Lipinski definition) is 4. The third kappa shape index (κ3) is 1.48. The van der Waals surface area contributed by atoms with Crippen LogP contribution in [-0.4, -0.2) is 22.6 Å². The number of aryl methyl sites for hydroxylation is 1. The minimum Gasteiger partial charge on any atom is -0.353 e. The van der Waals surface area contributed by atoms with Crippen LogP contribution < -0.4 is 4.90 Å². The molecule has 2 fully saturated rings. The van der Waals surface area contributed by atoms with E-state index in [1.165, 1.54) is 41.9 Å². The summed E-state index contributed by atoms with van der Waals surface area (Å²) in [6, 6.07) is 3.03. The molecule has 0 amide bonds. The van der Waals surface area contributed by atoms with Gasteiger partial charge in [0.2, 0.25) is 0 Å². The predicted molar refractivity (Wildman–Crippen MR) is 75.3 cm³/mol. The van der Waals surface area contributed by atoms with Crippen LogP contribution in [0, 0.1) is 5.92 Å². The molecule has 1 saturated heterocycles. The van der Waals surface area contributed by atoms with E-state index >= 15 is 0 Å². The summed E-state index contributed by atoms with van der Waals surface area (Å²) >= 11 is 1.81. The van der Waals surface area contributed by atoms with E-state index in [9.17, 15) is 0 Å². The number of rotatable bonds is 2. The third-order valence-corrected chi connectivity index (χ3v) is 5.58. The third-order valence-electron chi connectivity index (χ3n) is 4.39. The molecule has 4 rings (SSSR count). The number of anilines is 1. The molecule has 3 nitrogen and oxygen atoms in total. The van der Waals surface area contributed by atoms with Gasteiger partial charge in [0.15, 0.2) is 0 Å². The average Bonchev–Trinajstić information content (AvgIpc) is 3.11. The van der Waals surface area contributed by atoms with Crippen LogP contribution in [0.4, 0.5) is 5.82 Å². The molecule has 1 saturated carbocycles. The molecule has 0 aromatic carbocycles. The van der Waals surface area contributed by atoms with Crippen LogP contribution in [0.5, 0.6) is 0 Å². The van der Waals surface area contributed by atoms with Crippen molar-refractivity contribution >= 4 is 27.4 Å². The highest BCUT2D eigenvalue weighted by Crippen LogP contribution is 2.42. The molecular weight excluding hydrogens is 242 g/mol. The highest BCUT2D eigenvalue weighted by molar-refractivity contribution is 7.18. The maximum absolute atomic E-state index is 4.58. The summed E-state index contributed by atoms with van der Waals surface area (Å²) in [5.41, 5.74) is 0. The van der Waals surface area contributed by atoms with E-state index in [-0.39, 0.29) is 0 Å². The van der Waals surface area contributed by atoms with E-state index < -0.39 is 0 Å². The van der Waals surface area contributed by atoms with Crippen LogP contribution in [0.25, 0.3) is 10.2 Å². The van der Waals surface area contributed by atoms with Crippen molar-refractivity contribution < 1.29 is 0 Å². The zero-order chi connectivity index (χ0) is 12.1. The van der Waals surface area contributed by atoms with E-state index in [0.29, 0.717) is 0 Å². The predicted octanol–water partition coefficient (Wildman–Crippen LogP) is 3.24. The lowest BCUT2D eigenvalue weighted by molar-refractivity contribution is 0.551. The van der Waals surface area contributed by atoms with Gasteiger partial charge in [-0.05, 0) is 37.7 Å². The molecule has 94 valence electrons. The van der Waals surface area contributed by atoms with E-state index in [1.807, 2.05) is 11.3 Å². The molecule has 0 spiro atoms. The molecule has 0 radical (unpaired) electrons. The Morgan fingerprint density at radius 3 is 3.06 bits per heavy atom. The highest BCUT2D eigenvalue weighted by atomic mass is 32.1. The Hall–Kier alpha value is -1.16. The minimum atomic E-state index is 0.734. The van der Waals surface area contributed by atoms with Crippen molar-refractivity contribution in [1.29, 1.82) is 0 Å². The van der Waals surface area contributed by atoms with Gasteiger partial charge < -0.3 is 4.90 Å². The smallest absolute Gasteiger partial charge is 0.141 e. The van der Waals surface area contributed by atoms with Gasteiger partial charge in [-0.25, -0.2) is 9.97 Å². The summed E-state index contributed by atoms with van der Waals surface area (Å²) in [7, 11) is 0. The maximum atomic E-state index is 4.58. The first-order valence-corrected chi connectivity index (χ1v) is 7.67. The van der Waals surface area contributed by atoms with Crippen LogP contribution in [-0.2, 0) is 6.42 Å². The fraction of sp³-hybridized carbons (Fsp3) is 0.571. The van der Waals surface area contributed by atoms with E-state index in [1.54, 1.807) is 6.33 Å². The first kappa shape index (κ1) is 10.7. The lowest BCUT2D eigenvalue weighted by Gasteiger charge is -2.28. The SMILES string of the molecule is CCc1cc2c(N3CC4CCC3C4)ncnc2s1. The van der Waals surface area contributed by atoms with Crippen molar-refractivity contribution in [2.75, 3.05) is 11.4 Å². The summed E-state index contributed by atoms with van der Waals surface area (Å²) in [4.78, 5) is 14.1. The second kappa shape index (κ2) is 3.92. The second-order valence-corrected chi connectivity index (χ2v) is 6.58. The summed E-state index contributed by atoms with van der Waals surface area (Å²) in [5.74, 6) is 2.09. The fourth-order valence-electron chi connectivity index (χ4n) is 3.48. The normalized spacial score (nSPS) is 26.4. The van der Waals surface area contributed by atoms with Gasteiger partial charge in [-0.1, -0.05) is 6.92 Å². The quantitative estimate of drug-likeness (QED) is 0.829. The number of hydrogen-bond donors (Lipinski definition) is 0. The van der Waals surface area contributed by atoms with Gasteiger partial charge in [0.05, 0.1) is 5.39 Å². The summed E-state index contributed by atoms with van der Waals surface area (Å²) in [6.07, 6.45) is 6.96. The molecule has 2 unspecified atom stereocenters. The Bertz CT molecular complexity index is 592. The zero-order valence-electron chi connectivity index (χ0n) is 10.6. The number of fused-ring (bicyclic) bond motifs is 3. The van der Waals surface area contributed by atoms with Gasteiger partial charge in [-0.3, -0.25) is 0 Å².